The van der Waals surface area contributed by atoms with Crippen LogP contribution in [0.3, 0.4) is 0 Å². The second-order valence-electron chi connectivity index (χ2n) is 3.84. The molecule has 0 aliphatic heterocycles. The number of pyridine rings is 1. The molecule has 8 heteroatoms. The predicted octanol–water partition coefficient (Wildman–Crippen LogP) is 3.79. The Morgan fingerprint density at radius 3 is 2.74 bits per heavy atom. The first-order valence-electron chi connectivity index (χ1n) is 5.77. The molecule has 0 saturated carbocycles. The summed E-state index contributed by atoms with van der Waals surface area (Å²) in [4.78, 5) is 8.61. The van der Waals surface area contributed by atoms with Crippen LogP contribution >= 0.6 is 35.0 Å². The summed E-state index contributed by atoms with van der Waals surface area (Å²) in [6.45, 7) is 4.71. The highest BCUT2D eigenvalue weighted by Crippen LogP contribution is 2.34. The molecule has 0 aromatic carbocycles. The Morgan fingerprint density at radius 1 is 1.32 bits per heavy atom. The highest BCUT2D eigenvalue weighted by Gasteiger charge is 2.12. The smallest absolute Gasteiger partial charge is 0.214 e. The van der Waals surface area contributed by atoms with E-state index in [-0.39, 0.29) is 0 Å². The van der Waals surface area contributed by atoms with E-state index in [1.165, 1.54) is 11.8 Å². The maximum Gasteiger partial charge on any atom is 0.214 e. The molecule has 0 aliphatic rings. The van der Waals surface area contributed by atoms with Gasteiger partial charge in [-0.3, -0.25) is 5.10 Å². The molecule has 0 amide bonds. The topological polar surface area (TPSA) is 66.5 Å². The number of aryl methyl sites for hydroxylation is 1. The Balaban J connectivity index is 2.24. The van der Waals surface area contributed by atoms with Crippen LogP contribution in [-0.2, 0) is 0 Å². The average molecular weight is 318 g/mol. The molecule has 0 aliphatic carbocycles. The van der Waals surface area contributed by atoms with Crippen LogP contribution in [0.25, 0.3) is 0 Å². The minimum Gasteiger partial charge on any atom is -0.369 e. The normalized spacial score (nSPS) is 10.7. The van der Waals surface area contributed by atoms with Crippen LogP contribution in [0.2, 0.25) is 10.0 Å². The van der Waals surface area contributed by atoms with E-state index in [4.69, 9.17) is 23.2 Å². The summed E-state index contributed by atoms with van der Waals surface area (Å²) in [5, 5.41) is 12.2. The lowest BCUT2D eigenvalue weighted by Crippen LogP contribution is -2.03. The number of halogens is 2. The van der Waals surface area contributed by atoms with E-state index in [1.54, 1.807) is 6.07 Å². The molecule has 0 saturated heterocycles. The summed E-state index contributed by atoms with van der Waals surface area (Å²) in [6, 6.07) is 1.68. The molecule has 2 heterocycles. The van der Waals surface area contributed by atoms with E-state index in [0.29, 0.717) is 26.0 Å². The third kappa shape index (κ3) is 3.75. The Hall–Kier alpha value is -0.980. The highest BCUT2D eigenvalue weighted by atomic mass is 35.5. The molecule has 0 unspecified atom stereocenters. The Kier molecular flexibility index (Phi) is 4.90. The van der Waals surface area contributed by atoms with Crippen LogP contribution in [-0.4, -0.2) is 26.7 Å². The van der Waals surface area contributed by atoms with E-state index >= 15 is 0 Å². The van der Waals surface area contributed by atoms with Crippen molar-refractivity contribution in [1.82, 2.24) is 20.2 Å². The molecule has 0 fully saturated rings. The molecule has 2 N–H and O–H groups in total. The summed E-state index contributed by atoms with van der Waals surface area (Å²) in [5.41, 5.74) is 0. The zero-order valence-corrected chi connectivity index (χ0v) is 12.8. The number of H-pyrrole nitrogens is 1. The van der Waals surface area contributed by atoms with Gasteiger partial charge in [-0.15, -0.1) is 5.10 Å². The van der Waals surface area contributed by atoms with Gasteiger partial charge in [0.25, 0.3) is 0 Å². The first kappa shape index (κ1) is 14.4. The predicted molar refractivity (Wildman–Crippen MR) is 78.3 cm³/mol. The van der Waals surface area contributed by atoms with Gasteiger partial charge in [0.15, 0.2) is 0 Å². The molecule has 0 bridgehead atoms. The standard InChI is InChI=1S/C11H13Cl2N5S/c1-3-4-14-9-7(12)5-8(13)10(16-9)19-11-15-6(2)17-18-11/h5H,3-4H2,1-2H3,(H,14,16)(H,15,17,18). The second-order valence-corrected chi connectivity index (χ2v) is 5.61. The molecule has 5 nitrogen and oxygen atoms in total. The van der Waals surface area contributed by atoms with Gasteiger partial charge < -0.3 is 5.32 Å². The summed E-state index contributed by atoms with van der Waals surface area (Å²) < 4.78 is 0. The Bertz CT molecular complexity index is 572. The van der Waals surface area contributed by atoms with Crippen molar-refractivity contribution in [2.75, 3.05) is 11.9 Å². The fraction of sp³-hybridized carbons (Fsp3) is 0.364. The van der Waals surface area contributed by atoms with Gasteiger partial charge in [0.05, 0.1) is 10.0 Å². The average Bonchev–Trinajstić information content (AvgIpc) is 2.77. The number of anilines is 1. The molecule has 19 heavy (non-hydrogen) atoms. The highest BCUT2D eigenvalue weighted by molar-refractivity contribution is 7.99. The van der Waals surface area contributed by atoms with Crippen LogP contribution < -0.4 is 5.32 Å². The maximum absolute atomic E-state index is 6.13. The first-order valence-corrected chi connectivity index (χ1v) is 7.34. The van der Waals surface area contributed by atoms with Gasteiger partial charge in [-0.25, -0.2) is 9.97 Å². The maximum atomic E-state index is 6.13. The van der Waals surface area contributed by atoms with Crippen molar-refractivity contribution in [3.05, 3.63) is 21.9 Å². The minimum absolute atomic E-state index is 0.486. The number of nitrogens with one attached hydrogen (secondary N) is 2. The van der Waals surface area contributed by atoms with E-state index in [0.717, 1.165) is 18.8 Å². The quantitative estimate of drug-likeness (QED) is 0.878. The number of aromatic nitrogens is 4. The number of aromatic amines is 1. The van der Waals surface area contributed by atoms with Crippen molar-refractivity contribution >= 4 is 40.8 Å². The fourth-order valence-corrected chi connectivity index (χ4v) is 2.62. The number of hydrogen-bond acceptors (Lipinski definition) is 5. The van der Waals surface area contributed by atoms with Crippen LogP contribution in [0.15, 0.2) is 16.2 Å². The van der Waals surface area contributed by atoms with Crippen molar-refractivity contribution in [3.8, 4) is 0 Å². The lowest BCUT2D eigenvalue weighted by atomic mass is 10.4. The molecule has 102 valence electrons. The summed E-state index contributed by atoms with van der Waals surface area (Å²) in [7, 11) is 0. The molecule has 2 aromatic rings. The first-order chi connectivity index (χ1) is 9.10. The van der Waals surface area contributed by atoms with Gasteiger partial charge in [-0.1, -0.05) is 30.1 Å². The summed E-state index contributed by atoms with van der Waals surface area (Å²) >= 11 is 13.5. The van der Waals surface area contributed by atoms with Gasteiger partial charge >= 0.3 is 0 Å². The third-order valence-electron chi connectivity index (χ3n) is 2.20. The number of nitrogens with zero attached hydrogens (tertiary/aromatic N) is 3. The van der Waals surface area contributed by atoms with E-state index in [1.807, 2.05) is 6.92 Å². The monoisotopic (exact) mass is 317 g/mol. The summed E-state index contributed by atoms with van der Waals surface area (Å²) in [6.07, 6.45) is 0.989. The van der Waals surface area contributed by atoms with Crippen molar-refractivity contribution in [2.45, 2.75) is 30.5 Å². The van der Waals surface area contributed by atoms with Crippen LogP contribution in [0.1, 0.15) is 19.2 Å². The van der Waals surface area contributed by atoms with Crippen molar-refractivity contribution in [3.63, 3.8) is 0 Å². The fourth-order valence-electron chi connectivity index (χ4n) is 1.34. The molecule has 0 atom stereocenters. The summed E-state index contributed by atoms with van der Waals surface area (Å²) in [5.74, 6) is 1.37. The molecule has 0 spiro atoms. The third-order valence-corrected chi connectivity index (χ3v) is 3.76. The second kappa shape index (κ2) is 6.45. The Labute approximate surface area is 125 Å². The number of rotatable bonds is 5. The van der Waals surface area contributed by atoms with Gasteiger partial charge in [-0.2, -0.15) is 0 Å². The molecule has 2 rings (SSSR count). The van der Waals surface area contributed by atoms with Gasteiger partial charge in [-0.05, 0) is 31.2 Å². The van der Waals surface area contributed by atoms with Crippen molar-refractivity contribution < 1.29 is 0 Å². The van der Waals surface area contributed by atoms with Gasteiger partial charge in [0, 0.05) is 6.54 Å². The number of hydrogen-bond donors (Lipinski definition) is 2. The molecule has 2 aromatic heterocycles. The SMILES string of the molecule is CCCNc1nc(Sc2n[nH]c(C)n2)c(Cl)cc1Cl. The molecule has 0 radical (unpaired) electrons. The largest absolute Gasteiger partial charge is 0.369 e. The minimum atomic E-state index is 0.486. The molecular formula is C11H13Cl2N5S. The zero-order valence-electron chi connectivity index (χ0n) is 10.5. The van der Waals surface area contributed by atoms with Gasteiger partial charge in [0.2, 0.25) is 5.16 Å². The van der Waals surface area contributed by atoms with Crippen LogP contribution in [0.5, 0.6) is 0 Å². The van der Waals surface area contributed by atoms with Crippen molar-refractivity contribution in [1.29, 1.82) is 0 Å². The van der Waals surface area contributed by atoms with Gasteiger partial charge in [0.1, 0.15) is 16.7 Å². The van der Waals surface area contributed by atoms with E-state index in [2.05, 4.69) is 32.4 Å². The lowest BCUT2D eigenvalue weighted by molar-refractivity contribution is 0.951. The van der Waals surface area contributed by atoms with E-state index < -0.39 is 0 Å². The lowest BCUT2D eigenvalue weighted by Gasteiger charge is -2.09. The van der Waals surface area contributed by atoms with Crippen molar-refractivity contribution in [2.24, 2.45) is 0 Å². The van der Waals surface area contributed by atoms with Crippen LogP contribution in [0.4, 0.5) is 5.82 Å². The molecular weight excluding hydrogens is 305 g/mol. The van der Waals surface area contributed by atoms with Crippen LogP contribution in [0, 0.1) is 6.92 Å². The zero-order chi connectivity index (χ0) is 13.8. The Morgan fingerprint density at radius 2 is 2.11 bits per heavy atom. The van der Waals surface area contributed by atoms with E-state index in [9.17, 15) is 0 Å².